The van der Waals surface area contributed by atoms with Gasteiger partial charge in [-0.1, -0.05) is 0 Å². The number of carbonyl (C=O) groups is 1. The largest absolute Gasteiger partial charge is 0.480 e. The van der Waals surface area contributed by atoms with Crippen molar-refractivity contribution in [2.45, 2.75) is 13.5 Å². The highest BCUT2D eigenvalue weighted by Gasteiger charge is 2.10. The zero-order chi connectivity index (χ0) is 12.1. The van der Waals surface area contributed by atoms with Gasteiger partial charge in [0.05, 0.1) is 19.3 Å². The lowest BCUT2D eigenvalue weighted by Gasteiger charge is -2.08. The SMILES string of the molecule is COc1nc(CNC(=O)O)cc(C)c1C#N. The van der Waals surface area contributed by atoms with Gasteiger partial charge in [0.15, 0.2) is 0 Å². The summed E-state index contributed by atoms with van der Waals surface area (Å²) in [7, 11) is 1.41. The van der Waals surface area contributed by atoms with E-state index in [0.29, 0.717) is 16.8 Å². The van der Waals surface area contributed by atoms with Crippen LogP contribution in [0.2, 0.25) is 0 Å². The molecule has 0 unspecified atom stereocenters. The molecule has 2 N–H and O–H groups in total. The highest BCUT2D eigenvalue weighted by atomic mass is 16.5. The number of carboxylic acid groups (broad SMARTS) is 1. The molecule has 0 radical (unpaired) electrons. The number of methoxy groups -OCH3 is 1. The lowest BCUT2D eigenvalue weighted by Crippen LogP contribution is -2.20. The fourth-order valence-electron chi connectivity index (χ4n) is 1.25. The number of ether oxygens (including phenoxy) is 1. The molecule has 1 rings (SSSR count). The first kappa shape index (κ1) is 11.8. The molecule has 0 spiro atoms. The predicted molar refractivity (Wildman–Crippen MR) is 55.1 cm³/mol. The van der Waals surface area contributed by atoms with Crippen LogP contribution in [-0.4, -0.2) is 23.3 Å². The van der Waals surface area contributed by atoms with Crippen LogP contribution in [0.3, 0.4) is 0 Å². The second kappa shape index (κ2) is 4.98. The number of hydrogen-bond acceptors (Lipinski definition) is 4. The van der Waals surface area contributed by atoms with Crippen molar-refractivity contribution in [3.63, 3.8) is 0 Å². The van der Waals surface area contributed by atoms with Crippen LogP contribution in [0.1, 0.15) is 16.8 Å². The van der Waals surface area contributed by atoms with E-state index < -0.39 is 6.09 Å². The van der Waals surface area contributed by atoms with Crippen LogP contribution in [0.4, 0.5) is 4.79 Å². The average molecular weight is 221 g/mol. The summed E-state index contributed by atoms with van der Waals surface area (Å²) in [6.07, 6.45) is -1.12. The number of hydrogen-bond donors (Lipinski definition) is 2. The third-order valence-electron chi connectivity index (χ3n) is 1.96. The van der Waals surface area contributed by atoms with Gasteiger partial charge in [0.2, 0.25) is 5.88 Å². The van der Waals surface area contributed by atoms with E-state index in [1.807, 2.05) is 6.07 Å². The van der Waals surface area contributed by atoms with Gasteiger partial charge in [0.1, 0.15) is 11.6 Å². The summed E-state index contributed by atoms with van der Waals surface area (Å²) in [4.78, 5) is 14.3. The van der Waals surface area contributed by atoms with Crippen molar-refractivity contribution in [2.75, 3.05) is 7.11 Å². The summed E-state index contributed by atoms with van der Waals surface area (Å²) in [5.41, 5.74) is 1.58. The van der Waals surface area contributed by atoms with E-state index in [0.717, 1.165) is 0 Å². The Hall–Kier alpha value is -2.29. The Kier molecular flexibility index (Phi) is 3.67. The molecule has 16 heavy (non-hydrogen) atoms. The van der Waals surface area contributed by atoms with Gasteiger partial charge < -0.3 is 15.2 Å². The van der Waals surface area contributed by atoms with Gasteiger partial charge in [0.25, 0.3) is 0 Å². The average Bonchev–Trinajstić information content (AvgIpc) is 2.25. The molecule has 0 fully saturated rings. The number of amides is 1. The van der Waals surface area contributed by atoms with E-state index in [-0.39, 0.29) is 12.4 Å². The molecule has 6 heteroatoms. The minimum Gasteiger partial charge on any atom is -0.480 e. The minimum absolute atomic E-state index is 0.0816. The summed E-state index contributed by atoms with van der Waals surface area (Å²) in [6.45, 7) is 1.82. The van der Waals surface area contributed by atoms with Gasteiger partial charge in [-0.05, 0) is 18.6 Å². The molecule has 0 atom stereocenters. The first-order valence-corrected chi connectivity index (χ1v) is 4.50. The van der Waals surface area contributed by atoms with Crippen LogP contribution >= 0.6 is 0 Å². The maximum absolute atomic E-state index is 10.3. The fraction of sp³-hybridized carbons (Fsp3) is 0.300. The summed E-state index contributed by atoms with van der Waals surface area (Å²) in [5.74, 6) is 0.213. The van der Waals surface area contributed by atoms with Crippen molar-refractivity contribution in [1.29, 1.82) is 5.26 Å². The number of aryl methyl sites for hydroxylation is 1. The number of rotatable bonds is 3. The molecule has 0 aliphatic rings. The predicted octanol–water partition coefficient (Wildman–Crippen LogP) is 1.04. The smallest absolute Gasteiger partial charge is 0.404 e. The standard InChI is InChI=1S/C10H11N3O3/c1-6-3-7(5-12-10(14)15)13-9(16-2)8(6)4-11/h3,12H,5H2,1-2H3,(H,14,15). The molecular formula is C10H11N3O3. The Labute approximate surface area is 92.5 Å². The van der Waals surface area contributed by atoms with E-state index in [1.54, 1.807) is 13.0 Å². The first-order valence-electron chi connectivity index (χ1n) is 4.50. The van der Waals surface area contributed by atoms with Gasteiger partial charge in [0, 0.05) is 0 Å². The molecule has 0 aliphatic heterocycles. The van der Waals surface area contributed by atoms with Gasteiger partial charge >= 0.3 is 6.09 Å². The molecule has 0 aromatic carbocycles. The Morgan fingerprint density at radius 1 is 1.75 bits per heavy atom. The van der Waals surface area contributed by atoms with Gasteiger partial charge in [-0.15, -0.1) is 0 Å². The quantitative estimate of drug-likeness (QED) is 0.795. The van der Waals surface area contributed by atoms with E-state index in [1.165, 1.54) is 7.11 Å². The third kappa shape index (κ3) is 2.60. The zero-order valence-electron chi connectivity index (χ0n) is 8.94. The number of pyridine rings is 1. The fourth-order valence-corrected chi connectivity index (χ4v) is 1.25. The van der Waals surface area contributed by atoms with E-state index >= 15 is 0 Å². The molecule has 0 aliphatic carbocycles. The lowest BCUT2D eigenvalue weighted by molar-refractivity contribution is 0.193. The highest BCUT2D eigenvalue weighted by Crippen LogP contribution is 2.19. The molecule has 1 aromatic heterocycles. The maximum Gasteiger partial charge on any atom is 0.404 e. The number of aromatic nitrogens is 1. The molecule has 0 saturated carbocycles. The van der Waals surface area contributed by atoms with Crippen LogP contribution in [0.25, 0.3) is 0 Å². The molecule has 1 amide bonds. The molecule has 0 saturated heterocycles. The van der Waals surface area contributed by atoms with Crippen molar-refractivity contribution in [2.24, 2.45) is 0 Å². The van der Waals surface area contributed by atoms with Crippen molar-refractivity contribution in [1.82, 2.24) is 10.3 Å². The minimum atomic E-state index is -1.12. The second-order valence-corrected chi connectivity index (χ2v) is 3.09. The molecule has 84 valence electrons. The van der Waals surface area contributed by atoms with Gasteiger partial charge in [-0.2, -0.15) is 5.26 Å². The van der Waals surface area contributed by atoms with Crippen molar-refractivity contribution in [3.8, 4) is 11.9 Å². The first-order chi connectivity index (χ1) is 7.58. The normalized spacial score (nSPS) is 9.31. The Bertz CT molecular complexity index is 451. The van der Waals surface area contributed by atoms with Gasteiger partial charge in [-0.25, -0.2) is 9.78 Å². The highest BCUT2D eigenvalue weighted by molar-refractivity contribution is 5.64. The van der Waals surface area contributed by atoms with Crippen LogP contribution in [-0.2, 0) is 6.54 Å². The van der Waals surface area contributed by atoms with Crippen molar-refractivity contribution >= 4 is 6.09 Å². The monoisotopic (exact) mass is 221 g/mol. The lowest BCUT2D eigenvalue weighted by atomic mass is 10.1. The molecule has 6 nitrogen and oxygen atoms in total. The summed E-state index contributed by atoms with van der Waals surface area (Å²) < 4.78 is 4.96. The van der Waals surface area contributed by atoms with E-state index in [2.05, 4.69) is 10.3 Å². The second-order valence-electron chi connectivity index (χ2n) is 3.09. The van der Waals surface area contributed by atoms with Gasteiger partial charge in [-0.3, -0.25) is 0 Å². The van der Waals surface area contributed by atoms with Crippen LogP contribution in [0, 0.1) is 18.3 Å². The van der Waals surface area contributed by atoms with Crippen molar-refractivity contribution in [3.05, 3.63) is 22.9 Å². The van der Waals surface area contributed by atoms with Crippen LogP contribution in [0.5, 0.6) is 5.88 Å². The summed E-state index contributed by atoms with van der Waals surface area (Å²) >= 11 is 0. The summed E-state index contributed by atoms with van der Waals surface area (Å²) in [5, 5.41) is 19.5. The zero-order valence-corrected chi connectivity index (χ0v) is 8.94. The Morgan fingerprint density at radius 3 is 2.94 bits per heavy atom. The Morgan fingerprint density at radius 2 is 2.44 bits per heavy atom. The van der Waals surface area contributed by atoms with E-state index in [9.17, 15) is 4.79 Å². The molecular weight excluding hydrogens is 210 g/mol. The number of nitriles is 1. The van der Waals surface area contributed by atoms with Crippen molar-refractivity contribution < 1.29 is 14.6 Å². The maximum atomic E-state index is 10.3. The molecule has 0 bridgehead atoms. The van der Waals surface area contributed by atoms with Crippen LogP contribution < -0.4 is 10.1 Å². The third-order valence-corrected chi connectivity index (χ3v) is 1.96. The molecule has 1 heterocycles. The summed E-state index contributed by atoms with van der Waals surface area (Å²) in [6, 6.07) is 3.63. The number of nitrogens with one attached hydrogen (secondary N) is 1. The van der Waals surface area contributed by atoms with E-state index in [4.69, 9.17) is 15.1 Å². The number of nitrogens with zero attached hydrogens (tertiary/aromatic N) is 2. The topological polar surface area (TPSA) is 95.2 Å². The van der Waals surface area contributed by atoms with Crippen LogP contribution in [0.15, 0.2) is 6.07 Å². The molecule has 1 aromatic rings. The Balaban J connectivity index is 3.02.